The van der Waals surface area contributed by atoms with Crippen molar-refractivity contribution >= 4 is 34.8 Å². The van der Waals surface area contributed by atoms with Crippen molar-refractivity contribution in [2.24, 2.45) is 0 Å². The topological polar surface area (TPSA) is 73.9 Å². The van der Waals surface area contributed by atoms with Gasteiger partial charge in [0.15, 0.2) is 0 Å². The number of methoxy groups -OCH3 is 1. The summed E-state index contributed by atoms with van der Waals surface area (Å²) in [6, 6.07) is 3.56. The van der Waals surface area contributed by atoms with Gasteiger partial charge in [-0.15, -0.1) is 6.58 Å². The van der Waals surface area contributed by atoms with E-state index in [-0.39, 0.29) is 12.6 Å². The quantitative estimate of drug-likeness (QED) is 0.103. The van der Waals surface area contributed by atoms with Crippen molar-refractivity contribution in [3.8, 4) is 5.75 Å². The highest BCUT2D eigenvalue weighted by atomic mass is 35.5. The highest BCUT2D eigenvalue weighted by Gasteiger charge is 2.31. The van der Waals surface area contributed by atoms with E-state index >= 15 is 0 Å². The summed E-state index contributed by atoms with van der Waals surface area (Å²) in [4.78, 5) is 26.3. The van der Waals surface area contributed by atoms with E-state index in [0.717, 1.165) is 96.9 Å². The molecule has 0 unspecified atom stereocenters. The number of cyclic esters (lactones) is 1. The van der Waals surface area contributed by atoms with Gasteiger partial charge in [-0.1, -0.05) is 76.1 Å². The number of benzene rings is 2. The molecule has 1 N–H and O–H groups in total. The molecule has 2 aromatic rings. The lowest BCUT2D eigenvalue weighted by Crippen LogP contribution is -2.12. The molecule has 1 heterocycles. The zero-order valence-corrected chi connectivity index (χ0v) is 27.4. The maximum Gasteiger partial charge on any atom is 0.341 e. The maximum atomic E-state index is 13.5. The number of esters is 2. The summed E-state index contributed by atoms with van der Waals surface area (Å²) in [6.07, 6.45) is 14.4. The monoisotopic (exact) mass is 609 g/mol. The van der Waals surface area contributed by atoms with Crippen molar-refractivity contribution in [3.05, 3.63) is 74.8 Å². The minimum absolute atomic E-state index is 0.282. The molecule has 0 saturated carbocycles. The second kappa shape index (κ2) is 17.1. The van der Waals surface area contributed by atoms with E-state index in [9.17, 15) is 9.59 Å². The summed E-state index contributed by atoms with van der Waals surface area (Å²) < 4.78 is 16.7. The van der Waals surface area contributed by atoms with Gasteiger partial charge in [-0.3, -0.25) is 0 Å². The third-order valence-electron chi connectivity index (χ3n) is 8.21. The molecule has 7 heteroatoms. The fraction of sp³-hybridized carbons (Fsp3) is 0.500. The van der Waals surface area contributed by atoms with Crippen molar-refractivity contribution in [3.63, 3.8) is 0 Å². The lowest BCUT2D eigenvalue weighted by atomic mass is 9.86. The van der Waals surface area contributed by atoms with Gasteiger partial charge in [0.2, 0.25) is 0 Å². The Hall–Kier alpha value is -3.25. The molecule has 1 aliphatic heterocycles. The Bertz CT molecular complexity index is 1330. The zero-order chi connectivity index (χ0) is 31.4. The number of halogens is 1. The predicted octanol–water partition coefficient (Wildman–Crippen LogP) is 9.43. The van der Waals surface area contributed by atoms with Gasteiger partial charge in [0.05, 0.1) is 35.6 Å². The number of hydrogen-bond acceptors (Lipinski definition) is 6. The second-order valence-corrected chi connectivity index (χ2v) is 11.5. The smallest absolute Gasteiger partial charge is 0.341 e. The molecule has 3 rings (SSSR count). The number of allylic oxidation sites excluding steroid dienone is 3. The van der Waals surface area contributed by atoms with Crippen molar-refractivity contribution in [2.45, 2.75) is 98.0 Å². The average Bonchev–Trinajstić information content (AvgIpc) is 3.39. The van der Waals surface area contributed by atoms with E-state index in [1.54, 1.807) is 13.2 Å². The highest BCUT2D eigenvalue weighted by molar-refractivity contribution is 6.34. The first-order valence-electron chi connectivity index (χ1n) is 15.7. The SMILES string of the molecule is C=CCc1c(C)c2c(c(NC)c1CC=C(CCCCCC)c1cc(OC)cc(Cl)c1C(=O)OCCCCCC)C(=O)OC2. The third kappa shape index (κ3) is 8.44. The van der Waals surface area contributed by atoms with E-state index in [1.165, 1.54) is 0 Å². The van der Waals surface area contributed by atoms with E-state index in [2.05, 4.69) is 31.8 Å². The summed E-state index contributed by atoms with van der Waals surface area (Å²) in [5.41, 5.74) is 7.65. The molecule has 0 fully saturated rings. The number of nitrogens with one attached hydrogen (secondary N) is 1. The Kier molecular flexibility index (Phi) is 13.7. The molecule has 0 spiro atoms. The molecule has 6 nitrogen and oxygen atoms in total. The van der Waals surface area contributed by atoms with Gasteiger partial charge >= 0.3 is 11.9 Å². The lowest BCUT2D eigenvalue weighted by molar-refractivity contribution is 0.0495. The summed E-state index contributed by atoms with van der Waals surface area (Å²) >= 11 is 6.75. The molecule has 0 amide bonds. The molecule has 0 bridgehead atoms. The Morgan fingerprint density at radius 3 is 2.44 bits per heavy atom. The first-order chi connectivity index (χ1) is 20.8. The van der Waals surface area contributed by atoms with Crippen LogP contribution in [-0.4, -0.2) is 32.7 Å². The van der Waals surface area contributed by atoms with Crippen LogP contribution in [0.15, 0.2) is 30.9 Å². The normalized spacial score (nSPS) is 12.6. The Balaban J connectivity index is 2.13. The fourth-order valence-electron chi connectivity index (χ4n) is 5.83. The number of hydrogen-bond donors (Lipinski definition) is 1. The Morgan fingerprint density at radius 2 is 1.79 bits per heavy atom. The van der Waals surface area contributed by atoms with E-state index in [4.69, 9.17) is 25.8 Å². The first kappa shape index (κ1) is 34.2. The number of fused-ring (bicyclic) bond motifs is 1. The van der Waals surface area contributed by atoms with Crippen molar-refractivity contribution < 1.29 is 23.8 Å². The number of unbranched alkanes of at least 4 members (excludes halogenated alkanes) is 6. The predicted molar refractivity (Wildman–Crippen MR) is 177 cm³/mol. The molecule has 0 atom stereocenters. The molecule has 1 aliphatic rings. The molecular formula is C36H48ClNO5. The van der Waals surface area contributed by atoms with Gasteiger partial charge in [0.25, 0.3) is 0 Å². The number of carbonyl (C=O) groups excluding carboxylic acids is 2. The van der Waals surface area contributed by atoms with Crippen LogP contribution in [0.5, 0.6) is 5.75 Å². The van der Waals surface area contributed by atoms with E-state index in [1.807, 2.05) is 26.1 Å². The number of rotatable bonds is 18. The minimum Gasteiger partial charge on any atom is -0.497 e. The van der Waals surface area contributed by atoms with Gasteiger partial charge in [-0.25, -0.2) is 9.59 Å². The van der Waals surface area contributed by atoms with Crippen LogP contribution in [0.2, 0.25) is 5.02 Å². The molecule has 0 aromatic heterocycles. The Labute approximate surface area is 262 Å². The summed E-state index contributed by atoms with van der Waals surface area (Å²) in [5.74, 6) is -0.141. The van der Waals surface area contributed by atoms with Crippen LogP contribution < -0.4 is 10.1 Å². The number of anilines is 1. The largest absolute Gasteiger partial charge is 0.497 e. The van der Waals surface area contributed by atoms with Crippen molar-refractivity contribution in [2.75, 3.05) is 26.1 Å². The highest BCUT2D eigenvalue weighted by Crippen LogP contribution is 2.39. The van der Waals surface area contributed by atoms with Crippen LogP contribution in [0.1, 0.15) is 120 Å². The fourth-order valence-corrected chi connectivity index (χ4v) is 6.11. The average molecular weight is 610 g/mol. The molecule has 234 valence electrons. The van der Waals surface area contributed by atoms with Crippen molar-refractivity contribution in [1.29, 1.82) is 0 Å². The molecule has 0 radical (unpaired) electrons. The number of ether oxygens (including phenoxy) is 3. The maximum absolute atomic E-state index is 13.5. The van der Waals surface area contributed by atoms with Gasteiger partial charge in [-0.05, 0) is 79.0 Å². The zero-order valence-electron chi connectivity index (χ0n) is 26.6. The van der Waals surface area contributed by atoms with Crippen LogP contribution in [0, 0.1) is 6.92 Å². The minimum atomic E-state index is -0.419. The molecule has 43 heavy (non-hydrogen) atoms. The van der Waals surface area contributed by atoms with Gasteiger partial charge < -0.3 is 19.5 Å². The molecule has 2 aromatic carbocycles. The molecule has 0 saturated heterocycles. The van der Waals surface area contributed by atoms with E-state index < -0.39 is 5.97 Å². The second-order valence-electron chi connectivity index (χ2n) is 11.1. The first-order valence-corrected chi connectivity index (χ1v) is 16.1. The third-order valence-corrected chi connectivity index (χ3v) is 8.50. The van der Waals surface area contributed by atoms with Crippen LogP contribution in [0.4, 0.5) is 5.69 Å². The van der Waals surface area contributed by atoms with Crippen LogP contribution >= 0.6 is 11.6 Å². The van der Waals surface area contributed by atoms with Crippen LogP contribution in [-0.2, 0) is 28.9 Å². The lowest BCUT2D eigenvalue weighted by Gasteiger charge is -2.20. The summed E-state index contributed by atoms with van der Waals surface area (Å²) in [6.45, 7) is 11.0. The standard InChI is InChI=1S/C36H48ClNO5/c1-7-10-12-14-17-25(29-21-26(41-6)22-31(37)32(29)35(39)42-20-15-13-11-8-2)18-19-28-27(16-9-3)24(4)30-23-43-36(40)33(30)34(28)38-5/h9,18,21-22,38H,3,7-8,10-17,19-20,23H2,1-2,4-6H3. The van der Waals surface area contributed by atoms with Gasteiger partial charge in [0, 0.05) is 12.6 Å². The Morgan fingerprint density at radius 1 is 1.07 bits per heavy atom. The number of carbonyl (C=O) groups is 2. The van der Waals surface area contributed by atoms with Crippen LogP contribution in [0.25, 0.3) is 5.57 Å². The van der Waals surface area contributed by atoms with Crippen LogP contribution in [0.3, 0.4) is 0 Å². The summed E-state index contributed by atoms with van der Waals surface area (Å²) in [5, 5.41) is 3.60. The molecular weight excluding hydrogens is 562 g/mol. The van der Waals surface area contributed by atoms with Gasteiger partial charge in [-0.2, -0.15) is 0 Å². The van der Waals surface area contributed by atoms with Crippen molar-refractivity contribution in [1.82, 2.24) is 0 Å². The van der Waals surface area contributed by atoms with E-state index in [0.29, 0.717) is 41.3 Å². The molecule has 0 aliphatic carbocycles. The van der Waals surface area contributed by atoms with Gasteiger partial charge in [0.1, 0.15) is 12.4 Å². The summed E-state index contributed by atoms with van der Waals surface area (Å²) in [7, 11) is 3.43.